The van der Waals surface area contributed by atoms with Gasteiger partial charge >= 0.3 is 0 Å². The normalized spacial score (nSPS) is 28.1. The summed E-state index contributed by atoms with van der Waals surface area (Å²) in [5, 5.41) is 0. The highest BCUT2D eigenvalue weighted by atomic mass is 28.4. The molecule has 2 atom stereocenters. The minimum Gasteiger partial charge on any atom is -0.391 e. The Morgan fingerprint density at radius 2 is 1.88 bits per heavy atom. The first kappa shape index (κ1) is 12.8. The Hall–Kier alpha value is -0.643. The zero-order valence-electron chi connectivity index (χ0n) is 11.2. The van der Waals surface area contributed by atoms with Gasteiger partial charge in [-0.15, -0.1) is 0 Å². The van der Waals surface area contributed by atoms with Crippen LogP contribution in [0.4, 0.5) is 0 Å². The molecule has 1 aromatic carbocycles. The van der Waals surface area contributed by atoms with Crippen molar-refractivity contribution >= 4 is 8.32 Å². The summed E-state index contributed by atoms with van der Waals surface area (Å²) in [7, 11) is 0.234. The first-order valence-corrected chi connectivity index (χ1v) is 9.65. The fourth-order valence-corrected chi connectivity index (χ4v) is 3.72. The predicted molar refractivity (Wildman–Crippen MR) is 72.4 cm³/mol. The number of methoxy groups -OCH3 is 1. The summed E-state index contributed by atoms with van der Waals surface area (Å²) in [6, 6.07) is 10.6. The van der Waals surface area contributed by atoms with Crippen LogP contribution in [0.5, 0.6) is 0 Å². The van der Waals surface area contributed by atoms with E-state index < -0.39 is 8.32 Å². The lowest BCUT2D eigenvalue weighted by atomic mass is 10.1. The van der Waals surface area contributed by atoms with Crippen LogP contribution < -0.4 is 0 Å². The van der Waals surface area contributed by atoms with E-state index in [9.17, 15) is 0 Å². The second-order valence-electron chi connectivity index (χ2n) is 5.82. The highest BCUT2D eigenvalue weighted by Gasteiger charge is 2.57. The van der Waals surface area contributed by atoms with Crippen molar-refractivity contribution in [2.24, 2.45) is 5.92 Å². The van der Waals surface area contributed by atoms with Crippen molar-refractivity contribution in [1.82, 2.24) is 0 Å². The van der Waals surface area contributed by atoms with Gasteiger partial charge in [0.1, 0.15) is 0 Å². The zero-order chi connectivity index (χ0) is 12.5. The molecule has 1 fully saturated rings. The van der Waals surface area contributed by atoms with Crippen LogP contribution in [0.15, 0.2) is 30.3 Å². The molecule has 17 heavy (non-hydrogen) atoms. The van der Waals surface area contributed by atoms with Crippen LogP contribution in [-0.4, -0.2) is 21.2 Å². The molecule has 1 aliphatic carbocycles. The van der Waals surface area contributed by atoms with Crippen LogP contribution in [0.25, 0.3) is 0 Å². The highest BCUT2D eigenvalue weighted by Crippen LogP contribution is 2.50. The molecule has 1 unspecified atom stereocenters. The standard InChI is InChI=1S/C14H22O2Si/c1-15-14(16-17(2,3)4)11-13(14)10-12-8-6-5-7-9-12/h5-9,13H,10-11H2,1-4H3/t13-,14?/m1/s1. The van der Waals surface area contributed by atoms with E-state index in [1.807, 2.05) is 0 Å². The van der Waals surface area contributed by atoms with Crippen molar-refractivity contribution in [2.45, 2.75) is 38.3 Å². The van der Waals surface area contributed by atoms with Gasteiger partial charge in [0.15, 0.2) is 14.1 Å². The molecule has 1 aromatic rings. The molecule has 2 rings (SSSR count). The molecule has 0 N–H and O–H groups in total. The molecule has 0 saturated heterocycles. The van der Waals surface area contributed by atoms with Crippen LogP contribution in [-0.2, 0) is 15.6 Å². The van der Waals surface area contributed by atoms with Crippen molar-refractivity contribution in [3.63, 3.8) is 0 Å². The Bertz CT molecular complexity index is 372. The largest absolute Gasteiger partial charge is 0.391 e. The predicted octanol–water partition coefficient (Wildman–Crippen LogP) is 3.44. The summed E-state index contributed by atoms with van der Waals surface area (Å²) in [5.74, 6) is 0.224. The zero-order valence-corrected chi connectivity index (χ0v) is 12.2. The van der Waals surface area contributed by atoms with Gasteiger partial charge in [-0.1, -0.05) is 30.3 Å². The number of ether oxygens (including phenoxy) is 1. The molecule has 0 spiro atoms. The lowest BCUT2D eigenvalue weighted by Crippen LogP contribution is -2.36. The van der Waals surface area contributed by atoms with Gasteiger partial charge in [0.05, 0.1) is 0 Å². The summed E-state index contributed by atoms with van der Waals surface area (Å²) in [6.45, 7) is 6.64. The lowest BCUT2D eigenvalue weighted by molar-refractivity contribution is -0.0983. The number of benzene rings is 1. The number of hydrogen-bond acceptors (Lipinski definition) is 2. The van der Waals surface area contributed by atoms with Gasteiger partial charge < -0.3 is 9.16 Å². The third-order valence-electron chi connectivity index (χ3n) is 3.14. The Balaban J connectivity index is 1.97. The minimum absolute atomic E-state index is 0.291. The lowest BCUT2D eigenvalue weighted by Gasteiger charge is -2.26. The molecule has 0 amide bonds. The molecule has 0 aliphatic heterocycles. The molecule has 2 nitrogen and oxygen atoms in total. The monoisotopic (exact) mass is 250 g/mol. The number of hydrogen-bond donors (Lipinski definition) is 0. The summed E-state index contributed by atoms with van der Waals surface area (Å²) in [6.07, 6.45) is 2.09. The molecule has 1 aliphatic rings. The van der Waals surface area contributed by atoms with Crippen molar-refractivity contribution < 1.29 is 9.16 Å². The maximum absolute atomic E-state index is 6.19. The third-order valence-corrected chi connectivity index (χ3v) is 4.10. The summed E-state index contributed by atoms with van der Waals surface area (Å²) in [4.78, 5) is 0. The van der Waals surface area contributed by atoms with Crippen molar-refractivity contribution in [1.29, 1.82) is 0 Å². The molecule has 0 heterocycles. The third kappa shape index (κ3) is 3.18. The van der Waals surface area contributed by atoms with E-state index in [4.69, 9.17) is 9.16 Å². The maximum atomic E-state index is 6.19. The first-order valence-electron chi connectivity index (χ1n) is 6.24. The smallest absolute Gasteiger partial charge is 0.187 e. The first-order chi connectivity index (χ1) is 7.95. The summed E-state index contributed by atoms with van der Waals surface area (Å²) >= 11 is 0. The molecule has 3 heteroatoms. The quantitative estimate of drug-likeness (QED) is 0.589. The van der Waals surface area contributed by atoms with Crippen LogP contribution in [0, 0.1) is 5.92 Å². The van der Waals surface area contributed by atoms with Gasteiger partial charge in [-0.3, -0.25) is 0 Å². The van der Waals surface area contributed by atoms with Gasteiger partial charge in [-0.05, 0) is 31.6 Å². The Kier molecular flexibility index (Phi) is 3.43. The fourth-order valence-electron chi connectivity index (χ4n) is 2.35. The van der Waals surface area contributed by atoms with E-state index in [1.165, 1.54) is 5.56 Å². The van der Waals surface area contributed by atoms with E-state index >= 15 is 0 Å². The van der Waals surface area contributed by atoms with E-state index in [0.29, 0.717) is 5.92 Å². The second kappa shape index (κ2) is 4.56. The Labute approximate surface area is 105 Å². The Morgan fingerprint density at radius 1 is 1.24 bits per heavy atom. The molecule has 0 radical (unpaired) electrons. The molecule has 0 bridgehead atoms. The van der Waals surface area contributed by atoms with Gasteiger partial charge in [-0.2, -0.15) is 0 Å². The maximum Gasteiger partial charge on any atom is 0.187 e. The van der Waals surface area contributed by atoms with E-state index in [0.717, 1.165) is 12.8 Å². The average molecular weight is 250 g/mol. The van der Waals surface area contributed by atoms with Crippen molar-refractivity contribution in [2.75, 3.05) is 7.11 Å². The topological polar surface area (TPSA) is 18.5 Å². The summed E-state index contributed by atoms with van der Waals surface area (Å²) in [5.41, 5.74) is 1.37. The van der Waals surface area contributed by atoms with Crippen LogP contribution >= 0.6 is 0 Å². The molecule has 0 aromatic heterocycles. The molecule has 94 valence electrons. The fraction of sp³-hybridized carbons (Fsp3) is 0.571. The van der Waals surface area contributed by atoms with E-state index in [-0.39, 0.29) is 5.79 Å². The van der Waals surface area contributed by atoms with Gasteiger partial charge in [0.25, 0.3) is 0 Å². The molecular weight excluding hydrogens is 228 g/mol. The van der Waals surface area contributed by atoms with Gasteiger partial charge in [-0.25, -0.2) is 0 Å². The SMILES string of the molecule is COC1(O[Si](C)(C)C)C[C@H]1Cc1ccccc1. The van der Waals surface area contributed by atoms with Gasteiger partial charge in [0.2, 0.25) is 0 Å². The minimum atomic E-state index is -1.54. The molecular formula is C14H22O2Si. The van der Waals surface area contributed by atoms with Gasteiger partial charge in [0, 0.05) is 19.4 Å². The van der Waals surface area contributed by atoms with E-state index in [1.54, 1.807) is 7.11 Å². The summed E-state index contributed by atoms with van der Waals surface area (Å²) < 4.78 is 11.8. The van der Waals surface area contributed by atoms with Crippen LogP contribution in [0.1, 0.15) is 12.0 Å². The highest BCUT2D eigenvalue weighted by molar-refractivity contribution is 6.69. The van der Waals surface area contributed by atoms with E-state index in [2.05, 4.69) is 50.0 Å². The van der Waals surface area contributed by atoms with Crippen LogP contribution in [0.3, 0.4) is 0 Å². The van der Waals surface area contributed by atoms with Crippen molar-refractivity contribution in [3.05, 3.63) is 35.9 Å². The van der Waals surface area contributed by atoms with Crippen LogP contribution in [0.2, 0.25) is 19.6 Å². The second-order valence-corrected chi connectivity index (χ2v) is 10.3. The number of rotatable bonds is 5. The Morgan fingerprint density at radius 3 is 2.41 bits per heavy atom. The average Bonchev–Trinajstić information content (AvgIpc) is 2.90. The molecule has 1 saturated carbocycles. The van der Waals surface area contributed by atoms with Crippen molar-refractivity contribution in [3.8, 4) is 0 Å².